The number of carbonyl (C=O) groups is 2. The first-order chi connectivity index (χ1) is 15.2. The van der Waals surface area contributed by atoms with Gasteiger partial charge in [-0.1, -0.05) is 29.3 Å². The highest BCUT2D eigenvalue weighted by molar-refractivity contribution is 6.53. The first kappa shape index (κ1) is 25.8. The molecular weight excluding hydrogens is 537 g/mol. The van der Waals surface area contributed by atoms with E-state index in [1.54, 1.807) is 5.32 Å². The molecule has 2 aromatic rings. The second-order valence-electron chi connectivity index (χ2n) is 7.24. The van der Waals surface area contributed by atoms with Crippen LogP contribution in [0.15, 0.2) is 30.3 Å². The van der Waals surface area contributed by atoms with E-state index in [0.717, 1.165) is 18.2 Å². The van der Waals surface area contributed by atoms with Crippen LogP contribution in [-0.2, 0) is 4.79 Å². The van der Waals surface area contributed by atoms with Crippen molar-refractivity contribution in [3.8, 4) is 0 Å². The van der Waals surface area contributed by atoms with Crippen molar-refractivity contribution in [2.24, 2.45) is 5.92 Å². The molecule has 1 aliphatic rings. The Morgan fingerprint density at radius 1 is 1.03 bits per heavy atom. The van der Waals surface area contributed by atoms with Gasteiger partial charge >= 0.3 is 6.18 Å². The monoisotopic (exact) mass is 548 g/mol. The molecule has 1 aliphatic carbocycles. The van der Waals surface area contributed by atoms with E-state index in [1.807, 2.05) is 0 Å². The number of ketones is 1. The predicted molar refractivity (Wildman–Crippen MR) is 115 cm³/mol. The summed E-state index contributed by atoms with van der Waals surface area (Å²) in [4.78, 5) is 24.6. The highest BCUT2D eigenvalue weighted by atomic mass is 35.5. The molecule has 1 saturated carbocycles. The molecule has 178 valence electrons. The van der Waals surface area contributed by atoms with Crippen LogP contribution >= 0.6 is 46.4 Å². The molecule has 0 aromatic heterocycles. The highest BCUT2D eigenvalue weighted by Gasteiger charge is 2.67. The maximum Gasteiger partial charge on any atom is 0.405 e. The number of alkyl halides is 5. The number of hydrogen-bond donors (Lipinski definition) is 2. The number of amides is 1. The van der Waals surface area contributed by atoms with Crippen LogP contribution in [-0.4, -0.2) is 35.3 Å². The van der Waals surface area contributed by atoms with E-state index < -0.39 is 62.8 Å². The average Bonchev–Trinajstić information content (AvgIpc) is 3.30. The summed E-state index contributed by atoms with van der Waals surface area (Å²) < 4.78 is 63.0. The van der Waals surface area contributed by atoms with Crippen LogP contribution < -0.4 is 10.6 Å². The zero-order chi connectivity index (χ0) is 24.7. The lowest BCUT2D eigenvalue weighted by molar-refractivity contribution is -0.123. The third-order valence-corrected chi connectivity index (χ3v) is 6.40. The van der Waals surface area contributed by atoms with E-state index in [4.69, 9.17) is 46.4 Å². The Bertz CT molecular complexity index is 1110. The van der Waals surface area contributed by atoms with E-state index in [9.17, 15) is 31.5 Å². The van der Waals surface area contributed by atoms with Crippen LogP contribution in [0.2, 0.25) is 10.0 Å². The SMILES string of the molecule is O=C(NCC(F)(F)F)c1cc(NCC(=O)C2C(c3ccc(F)c(Cl)c3)C2(Cl)Cl)cc(Cl)c1F. The molecular formula is C20H13Cl4F5N2O2. The summed E-state index contributed by atoms with van der Waals surface area (Å²) in [5.74, 6) is -5.20. The molecule has 33 heavy (non-hydrogen) atoms. The Hall–Kier alpha value is -1.81. The summed E-state index contributed by atoms with van der Waals surface area (Å²) >= 11 is 23.9. The standard InChI is InChI=1S/C20H13Cl4F5N2O2/c21-11-3-8(1-2-13(11)25)15-16(20(15,23)24)14(32)6-30-9-4-10(17(26)12(22)5-9)18(33)31-7-19(27,28)29/h1-5,15-16,30H,6-7H2,(H,31,33). The molecule has 13 heteroatoms. The zero-order valence-corrected chi connectivity index (χ0v) is 19.2. The Labute approximate surface area is 204 Å². The smallest absolute Gasteiger partial charge is 0.378 e. The highest BCUT2D eigenvalue weighted by Crippen LogP contribution is 2.65. The van der Waals surface area contributed by atoms with Crippen molar-refractivity contribution in [1.82, 2.24) is 5.32 Å². The Morgan fingerprint density at radius 2 is 1.70 bits per heavy atom. The van der Waals surface area contributed by atoms with Crippen molar-refractivity contribution in [3.05, 3.63) is 63.1 Å². The molecule has 2 N–H and O–H groups in total. The number of halogens is 9. The molecule has 1 fully saturated rings. The third-order valence-electron chi connectivity index (χ3n) is 4.89. The van der Waals surface area contributed by atoms with Gasteiger partial charge in [-0.3, -0.25) is 9.59 Å². The van der Waals surface area contributed by atoms with E-state index in [1.165, 1.54) is 12.1 Å². The number of rotatable bonds is 7. The van der Waals surface area contributed by atoms with Crippen LogP contribution in [0.3, 0.4) is 0 Å². The first-order valence-corrected chi connectivity index (χ1v) is 10.7. The van der Waals surface area contributed by atoms with E-state index in [0.29, 0.717) is 5.56 Å². The molecule has 1 amide bonds. The zero-order valence-electron chi connectivity index (χ0n) is 16.2. The molecule has 0 aliphatic heterocycles. The molecule has 0 radical (unpaired) electrons. The lowest BCUT2D eigenvalue weighted by atomic mass is 10.1. The van der Waals surface area contributed by atoms with Gasteiger partial charge < -0.3 is 10.6 Å². The third kappa shape index (κ3) is 5.82. The molecule has 0 saturated heterocycles. The fourth-order valence-electron chi connectivity index (χ4n) is 3.28. The Balaban J connectivity index is 1.70. The van der Waals surface area contributed by atoms with E-state index >= 15 is 0 Å². The second-order valence-corrected chi connectivity index (χ2v) is 9.50. The molecule has 2 atom stereocenters. The lowest BCUT2D eigenvalue weighted by Crippen LogP contribution is -2.34. The van der Waals surface area contributed by atoms with Gasteiger partial charge in [0.05, 0.1) is 28.1 Å². The average molecular weight is 550 g/mol. The fourth-order valence-corrected chi connectivity index (χ4v) is 4.56. The van der Waals surface area contributed by atoms with Crippen molar-refractivity contribution < 1.29 is 31.5 Å². The molecule has 2 aromatic carbocycles. The van der Waals surface area contributed by atoms with Crippen LogP contribution in [0.4, 0.5) is 27.6 Å². The number of nitrogens with one attached hydrogen (secondary N) is 2. The summed E-state index contributed by atoms with van der Waals surface area (Å²) in [5, 5.41) is 3.46. The number of hydrogen-bond acceptors (Lipinski definition) is 3. The van der Waals surface area contributed by atoms with Crippen LogP contribution in [0.25, 0.3) is 0 Å². The quantitative estimate of drug-likeness (QED) is 0.322. The first-order valence-electron chi connectivity index (χ1n) is 9.15. The largest absolute Gasteiger partial charge is 0.405 e. The van der Waals surface area contributed by atoms with Crippen molar-refractivity contribution in [2.45, 2.75) is 16.4 Å². The van der Waals surface area contributed by atoms with Crippen LogP contribution in [0.1, 0.15) is 21.8 Å². The number of Topliss-reactive ketones (excluding diaryl/α,β-unsaturated/α-hetero) is 1. The number of anilines is 1. The van der Waals surface area contributed by atoms with Gasteiger partial charge in [-0.05, 0) is 29.8 Å². The Kier molecular flexibility index (Phi) is 7.39. The number of carbonyl (C=O) groups excluding carboxylic acids is 2. The molecule has 3 rings (SSSR count). The van der Waals surface area contributed by atoms with Gasteiger partial charge in [0.1, 0.15) is 16.7 Å². The van der Waals surface area contributed by atoms with Gasteiger partial charge in [-0.25, -0.2) is 8.78 Å². The summed E-state index contributed by atoms with van der Waals surface area (Å²) in [7, 11) is 0. The minimum atomic E-state index is -4.69. The maximum atomic E-state index is 14.1. The molecule has 0 bridgehead atoms. The molecule has 0 spiro atoms. The minimum absolute atomic E-state index is 0.00341. The maximum absolute atomic E-state index is 14.1. The predicted octanol–water partition coefficient (Wildman–Crippen LogP) is 6.13. The number of benzene rings is 2. The van der Waals surface area contributed by atoms with E-state index in [2.05, 4.69) is 5.32 Å². The molecule has 0 heterocycles. The van der Waals surface area contributed by atoms with Gasteiger partial charge in [-0.15, -0.1) is 23.2 Å². The molecule has 2 unspecified atom stereocenters. The summed E-state index contributed by atoms with van der Waals surface area (Å²) in [6.07, 6.45) is -4.69. The summed E-state index contributed by atoms with van der Waals surface area (Å²) in [5.41, 5.74) is -0.280. The van der Waals surface area contributed by atoms with Crippen molar-refractivity contribution in [3.63, 3.8) is 0 Å². The lowest BCUT2D eigenvalue weighted by Gasteiger charge is -2.12. The van der Waals surface area contributed by atoms with Gasteiger partial charge in [0, 0.05) is 11.6 Å². The summed E-state index contributed by atoms with van der Waals surface area (Å²) in [6, 6.07) is 5.80. The fraction of sp³-hybridized carbons (Fsp3) is 0.300. The van der Waals surface area contributed by atoms with Gasteiger partial charge in [0.2, 0.25) is 0 Å². The topological polar surface area (TPSA) is 58.2 Å². The normalized spacial score (nSPS) is 19.2. The second kappa shape index (κ2) is 9.44. The van der Waals surface area contributed by atoms with Crippen LogP contribution in [0, 0.1) is 17.6 Å². The summed E-state index contributed by atoms with van der Waals surface area (Å²) in [6.45, 7) is -2.04. The van der Waals surface area contributed by atoms with Crippen LogP contribution in [0.5, 0.6) is 0 Å². The van der Waals surface area contributed by atoms with Crippen molar-refractivity contribution in [1.29, 1.82) is 0 Å². The molecule has 4 nitrogen and oxygen atoms in total. The van der Waals surface area contributed by atoms with Gasteiger partial charge in [0.15, 0.2) is 11.6 Å². The Morgan fingerprint density at radius 3 is 2.30 bits per heavy atom. The van der Waals surface area contributed by atoms with Gasteiger partial charge in [-0.2, -0.15) is 13.2 Å². The van der Waals surface area contributed by atoms with Crippen molar-refractivity contribution >= 4 is 63.8 Å². The van der Waals surface area contributed by atoms with Crippen molar-refractivity contribution in [2.75, 3.05) is 18.4 Å². The van der Waals surface area contributed by atoms with E-state index in [-0.39, 0.29) is 17.3 Å². The van der Waals surface area contributed by atoms with Gasteiger partial charge in [0.25, 0.3) is 5.91 Å². The minimum Gasteiger partial charge on any atom is -0.378 e.